The lowest BCUT2D eigenvalue weighted by molar-refractivity contribution is -0.193. The van der Waals surface area contributed by atoms with Crippen LogP contribution >= 0.6 is 0 Å². The van der Waals surface area contributed by atoms with Crippen molar-refractivity contribution in [3.8, 4) is 0 Å². The van der Waals surface area contributed by atoms with Gasteiger partial charge in [0.15, 0.2) is 0 Å². The van der Waals surface area contributed by atoms with Gasteiger partial charge in [-0.25, -0.2) is 0 Å². The second-order valence-electron chi connectivity index (χ2n) is 7.23. The summed E-state index contributed by atoms with van der Waals surface area (Å²) in [5.74, 6) is 0.610. The topological polar surface area (TPSA) is 41.5 Å². The number of nitrogens with one attached hydrogen (secondary N) is 1. The quantitative estimate of drug-likeness (QED) is 0.895. The van der Waals surface area contributed by atoms with Gasteiger partial charge in [0.1, 0.15) is 0 Å². The van der Waals surface area contributed by atoms with Crippen molar-refractivity contribution in [1.82, 2.24) is 5.32 Å². The van der Waals surface area contributed by atoms with E-state index < -0.39 is 6.10 Å². The Hall–Kier alpha value is -0.900. The number of benzene rings is 1. The average Bonchev–Trinajstić information content (AvgIpc) is 2.47. The normalized spacial score (nSPS) is 32.1. The van der Waals surface area contributed by atoms with Crippen molar-refractivity contribution >= 4 is 0 Å². The molecule has 0 radical (unpaired) electrons. The number of aliphatic hydroxyl groups excluding tert-OH is 1. The molecule has 2 N–H and O–H groups in total. The summed E-state index contributed by atoms with van der Waals surface area (Å²) in [6, 6.07) is 8.57. The van der Waals surface area contributed by atoms with Crippen LogP contribution < -0.4 is 5.32 Å². The van der Waals surface area contributed by atoms with Gasteiger partial charge in [0.25, 0.3) is 0 Å². The molecule has 1 heterocycles. The van der Waals surface area contributed by atoms with E-state index in [1.54, 1.807) is 0 Å². The Bertz CT molecular complexity index is 500. The number of fused-ring (bicyclic) bond motifs is 1. The highest BCUT2D eigenvalue weighted by atomic mass is 16.5. The zero-order valence-electron chi connectivity index (χ0n) is 13.3. The van der Waals surface area contributed by atoms with Crippen LogP contribution in [-0.2, 0) is 4.74 Å². The fourth-order valence-corrected chi connectivity index (χ4v) is 4.17. The minimum Gasteiger partial charge on any atom is -0.387 e. The van der Waals surface area contributed by atoms with E-state index in [4.69, 9.17) is 4.74 Å². The average molecular weight is 289 g/mol. The number of ether oxygens (including phenoxy) is 1. The van der Waals surface area contributed by atoms with Gasteiger partial charge in [-0.15, -0.1) is 0 Å². The molecule has 1 aliphatic heterocycles. The van der Waals surface area contributed by atoms with Crippen LogP contribution in [0.5, 0.6) is 0 Å². The van der Waals surface area contributed by atoms with E-state index in [-0.39, 0.29) is 5.41 Å². The number of aryl methyl sites for hydroxylation is 1. The van der Waals surface area contributed by atoms with Crippen LogP contribution in [0.4, 0.5) is 0 Å². The zero-order chi connectivity index (χ0) is 15.0. The van der Waals surface area contributed by atoms with Crippen LogP contribution in [0.1, 0.15) is 43.9 Å². The highest BCUT2D eigenvalue weighted by Gasteiger charge is 2.57. The molecule has 0 bridgehead atoms. The molecule has 1 aromatic rings. The lowest BCUT2D eigenvalue weighted by Gasteiger charge is -2.60. The summed E-state index contributed by atoms with van der Waals surface area (Å²) >= 11 is 0. The molecule has 3 rings (SSSR count). The molecule has 1 aromatic carbocycles. The molecular formula is C18H27NO2. The number of aliphatic hydroxyl groups is 1. The van der Waals surface area contributed by atoms with Crippen molar-refractivity contribution in [2.45, 2.75) is 51.9 Å². The Balaban J connectivity index is 1.60. The van der Waals surface area contributed by atoms with E-state index in [9.17, 15) is 5.11 Å². The predicted molar refractivity (Wildman–Crippen MR) is 84.2 cm³/mol. The first-order valence-corrected chi connectivity index (χ1v) is 8.10. The summed E-state index contributed by atoms with van der Waals surface area (Å²) in [5, 5.41) is 14.0. The van der Waals surface area contributed by atoms with Gasteiger partial charge in [-0.05, 0) is 25.3 Å². The Morgan fingerprint density at radius 1 is 1.43 bits per heavy atom. The zero-order valence-corrected chi connectivity index (χ0v) is 13.3. The lowest BCUT2D eigenvalue weighted by atomic mass is 9.55. The molecular weight excluding hydrogens is 262 g/mol. The third-order valence-electron chi connectivity index (χ3n) is 5.29. The molecule has 2 aliphatic rings. The Morgan fingerprint density at radius 2 is 2.24 bits per heavy atom. The molecule has 1 aliphatic carbocycles. The van der Waals surface area contributed by atoms with Crippen molar-refractivity contribution in [2.75, 3.05) is 13.2 Å². The lowest BCUT2D eigenvalue weighted by Crippen LogP contribution is -2.69. The van der Waals surface area contributed by atoms with E-state index in [0.29, 0.717) is 24.6 Å². The Labute approximate surface area is 127 Å². The SMILES string of the molecule is Cc1cccc(C(O)CNC2C3CCCOC3C2(C)C)c1. The molecule has 2 fully saturated rings. The molecule has 0 aromatic heterocycles. The minimum atomic E-state index is -0.441. The fourth-order valence-electron chi connectivity index (χ4n) is 4.17. The number of hydrogen-bond acceptors (Lipinski definition) is 3. The van der Waals surface area contributed by atoms with Crippen molar-refractivity contribution in [3.05, 3.63) is 35.4 Å². The van der Waals surface area contributed by atoms with Gasteiger partial charge < -0.3 is 15.2 Å². The molecule has 0 spiro atoms. The first kappa shape index (κ1) is 15.0. The van der Waals surface area contributed by atoms with Gasteiger partial charge in [-0.3, -0.25) is 0 Å². The molecule has 4 atom stereocenters. The Kier molecular flexibility index (Phi) is 4.08. The maximum Gasteiger partial charge on any atom is 0.0914 e. The third kappa shape index (κ3) is 2.75. The van der Waals surface area contributed by atoms with Gasteiger partial charge in [0, 0.05) is 30.5 Å². The van der Waals surface area contributed by atoms with E-state index in [1.165, 1.54) is 12.0 Å². The Morgan fingerprint density at radius 3 is 3.00 bits per heavy atom. The minimum absolute atomic E-state index is 0.164. The molecule has 21 heavy (non-hydrogen) atoms. The summed E-state index contributed by atoms with van der Waals surface area (Å²) in [6.45, 7) is 8.12. The third-order valence-corrected chi connectivity index (χ3v) is 5.29. The maximum absolute atomic E-state index is 10.4. The van der Waals surface area contributed by atoms with Crippen molar-refractivity contribution in [2.24, 2.45) is 11.3 Å². The van der Waals surface area contributed by atoms with Crippen LogP contribution in [0.3, 0.4) is 0 Å². The van der Waals surface area contributed by atoms with Crippen molar-refractivity contribution in [1.29, 1.82) is 0 Å². The van der Waals surface area contributed by atoms with Gasteiger partial charge >= 0.3 is 0 Å². The van der Waals surface area contributed by atoms with Gasteiger partial charge in [-0.1, -0.05) is 43.7 Å². The first-order valence-electron chi connectivity index (χ1n) is 8.10. The second-order valence-corrected chi connectivity index (χ2v) is 7.23. The summed E-state index contributed by atoms with van der Waals surface area (Å²) in [5.41, 5.74) is 2.35. The molecule has 3 nitrogen and oxygen atoms in total. The fraction of sp³-hybridized carbons (Fsp3) is 0.667. The molecule has 116 valence electrons. The van der Waals surface area contributed by atoms with E-state index in [1.807, 2.05) is 12.1 Å². The van der Waals surface area contributed by atoms with Gasteiger partial charge in [0.05, 0.1) is 12.2 Å². The maximum atomic E-state index is 10.4. The van der Waals surface area contributed by atoms with Crippen LogP contribution in [0.15, 0.2) is 24.3 Å². The van der Waals surface area contributed by atoms with E-state index in [0.717, 1.165) is 18.6 Å². The monoisotopic (exact) mass is 289 g/mol. The summed E-state index contributed by atoms with van der Waals surface area (Å²) in [4.78, 5) is 0. The molecule has 1 saturated heterocycles. The summed E-state index contributed by atoms with van der Waals surface area (Å²) < 4.78 is 5.93. The molecule has 4 unspecified atom stereocenters. The molecule has 0 amide bonds. The van der Waals surface area contributed by atoms with E-state index >= 15 is 0 Å². The van der Waals surface area contributed by atoms with Gasteiger partial charge in [0.2, 0.25) is 0 Å². The van der Waals surface area contributed by atoms with Crippen molar-refractivity contribution < 1.29 is 9.84 Å². The predicted octanol–water partition coefficient (Wildman–Crippen LogP) is 2.82. The smallest absolute Gasteiger partial charge is 0.0914 e. The standard InChI is InChI=1S/C18H27NO2/c1-12-6-4-7-13(10-12)15(20)11-19-16-14-8-5-9-21-17(14)18(16,2)3/h4,6-7,10,14-17,19-20H,5,8-9,11H2,1-3H3. The number of hydrogen-bond donors (Lipinski definition) is 2. The first-order chi connectivity index (χ1) is 10.00. The van der Waals surface area contributed by atoms with Crippen LogP contribution in [0.2, 0.25) is 0 Å². The summed E-state index contributed by atoms with van der Waals surface area (Å²) in [6.07, 6.45) is 2.35. The van der Waals surface area contributed by atoms with Crippen LogP contribution in [-0.4, -0.2) is 30.4 Å². The highest BCUT2D eigenvalue weighted by Crippen LogP contribution is 2.51. The molecule has 1 saturated carbocycles. The van der Waals surface area contributed by atoms with Crippen LogP contribution in [0, 0.1) is 18.3 Å². The summed E-state index contributed by atoms with van der Waals surface area (Å²) in [7, 11) is 0. The largest absolute Gasteiger partial charge is 0.387 e. The van der Waals surface area contributed by atoms with Gasteiger partial charge in [-0.2, -0.15) is 0 Å². The number of rotatable bonds is 4. The van der Waals surface area contributed by atoms with Crippen molar-refractivity contribution in [3.63, 3.8) is 0 Å². The highest BCUT2D eigenvalue weighted by molar-refractivity contribution is 5.24. The second kappa shape index (κ2) is 5.71. The molecule has 3 heteroatoms. The van der Waals surface area contributed by atoms with E-state index in [2.05, 4.69) is 38.2 Å². The van der Waals surface area contributed by atoms with Crippen LogP contribution in [0.25, 0.3) is 0 Å².